The molecule has 0 amide bonds. The number of anilines is 1. The average molecular weight is 469 g/mol. The maximum absolute atomic E-state index is 13.4. The zero-order chi connectivity index (χ0) is 23.8. The Balaban J connectivity index is 1.14. The van der Waals surface area contributed by atoms with Crippen molar-refractivity contribution in [2.75, 3.05) is 31.1 Å². The topological polar surface area (TPSA) is 43.2 Å². The lowest BCUT2D eigenvalue weighted by Crippen LogP contribution is -2.71. The Labute approximate surface area is 199 Å². The molecule has 2 unspecified atom stereocenters. The van der Waals surface area contributed by atoms with Gasteiger partial charge >= 0.3 is 6.18 Å². The van der Waals surface area contributed by atoms with E-state index in [1.807, 2.05) is 0 Å². The number of nitriles is 1. The van der Waals surface area contributed by atoms with E-state index in [0.29, 0.717) is 25.4 Å². The molecular formula is C27H31F3N4. The number of pyridine rings is 1. The van der Waals surface area contributed by atoms with Crippen molar-refractivity contribution in [1.29, 1.82) is 5.26 Å². The van der Waals surface area contributed by atoms with Gasteiger partial charge in [0.15, 0.2) is 0 Å². The fourth-order valence-corrected chi connectivity index (χ4v) is 6.08. The predicted octanol–water partition coefficient (Wildman–Crippen LogP) is 5.87. The van der Waals surface area contributed by atoms with Gasteiger partial charge in [0.25, 0.3) is 0 Å². The van der Waals surface area contributed by atoms with Crippen molar-refractivity contribution in [2.24, 2.45) is 11.8 Å². The summed E-state index contributed by atoms with van der Waals surface area (Å²) in [5.41, 5.74) is 0.402. The summed E-state index contributed by atoms with van der Waals surface area (Å²) in [6.45, 7) is 2.68. The standard InChI is InChI=1S/C27H31F3N4/c28-27(29,30)24-7-4-14-32-25(24)33-18-26(19-33,12-13-31)34-15-10-20(11-16-34)8-9-22-17-23(22)21-5-2-1-3-6-21/h1-7,14,20,22-23H,8-12,15-19H2. The van der Waals surface area contributed by atoms with Gasteiger partial charge in [-0.05, 0) is 74.2 Å². The van der Waals surface area contributed by atoms with Crippen LogP contribution in [0, 0.1) is 23.2 Å². The Morgan fingerprint density at radius 1 is 1.03 bits per heavy atom. The highest BCUT2D eigenvalue weighted by Gasteiger charge is 2.50. The Kier molecular flexibility index (Phi) is 6.28. The molecule has 0 bridgehead atoms. The van der Waals surface area contributed by atoms with Crippen LogP contribution in [-0.2, 0) is 6.18 Å². The van der Waals surface area contributed by atoms with E-state index in [0.717, 1.165) is 43.8 Å². The molecule has 3 heterocycles. The number of rotatable bonds is 7. The molecule has 2 aromatic rings. The van der Waals surface area contributed by atoms with Crippen LogP contribution < -0.4 is 4.90 Å². The molecule has 34 heavy (non-hydrogen) atoms. The van der Waals surface area contributed by atoms with Crippen molar-refractivity contribution in [3.8, 4) is 6.07 Å². The third-order valence-electron chi connectivity index (χ3n) is 8.15. The number of benzene rings is 1. The van der Waals surface area contributed by atoms with E-state index in [1.165, 1.54) is 37.1 Å². The number of likely N-dealkylation sites (tertiary alicyclic amines) is 1. The first-order valence-electron chi connectivity index (χ1n) is 12.3. The lowest BCUT2D eigenvalue weighted by molar-refractivity contribution is -0.137. The number of aromatic nitrogens is 1. The number of nitrogens with zero attached hydrogens (tertiary/aromatic N) is 4. The average Bonchev–Trinajstić information content (AvgIpc) is 3.60. The molecule has 2 saturated heterocycles. The molecule has 4 nitrogen and oxygen atoms in total. The zero-order valence-electron chi connectivity index (χ0n) is 19.3. The highest BCUT2D eigenvalue weighted by molar-refractivity contribution is 5.52. The molecule has 1 saturated carbocycles. The van der Waals surface area contributed by atoms with Crippen LogP contribution in [0.15, 0.2) is 48.7 Å². The first-order chi connectivity index (χ1) is 16.4. The smallest absolute Gasteiger partial charge is 0.352 e. The zero-order valence-corrected chi connectivity index (χ0v) is 19.3. The van der Waals surface area contributed by atoms with Crippen molar-refractivity contribution < 1.29 is 13.2 Å². The normalized spacial score (nSPS) is 24.9. The van der Waals surface area contributed by atoms with Gasteiger partial charge in [-0.15, -0.1) is 0 Å². The van der Waals surface area contributed by atoms with Crippen molar-refractivity contribution in [1.82, 2.24) is 9.88 Å². The number of alkyl halides is 3. The molecule has 1 aliphatic carbocycles. The fraction of sp³-hybridized carbons (Fsp3) is 0.556. The molecule has 7 heteroatoms. The summed E-state index contributed by atoms with van der Waals surface area (Å²) in [5, 5.41) is 9.47. The molecule has 3 aliphatic rings. The van der Waals surface area contributed by atoms with Crippen LogP contribution >= 0.6 is 0 Å². The van der Waals surface area contributed by atoms with Gasteiger partial charge in [0, 0.05) is 19.3 Å². The summed E-state index contributed by atoms with van der Waals surface area (Å²) in [4.78, 5) is 8.08. The molecule has 2 atom stereocenters. The fourth-order valence-electron chi connectivity index (χ4n) is 6.08. The summed E-state index contributed by atoms with van der Waals surface area (Å²) < 4.78 is 40.3. The molecule has 0 spiro atoms. The highest BCUT2D eigenvalue weighted by atomic mass is 19.4. The summed E-state index contributed by atoms with van der Waals surface area (Å²) >= 11 is 0. The van der Waals surface area contributed by atoms with E-state index in [1.54, 1.807) is 4.90 Å². The Morgan fingerprint density at radius 2 is 1.76 bits per heavy atom. The quantitative estimate of drug-likeness (QED) is 0.510. The van der Waals surface area contributed by atoms with Crippen LogP contribution in [0.1, 0.15) is 55.6 Å². The van der Waals surface area contributed by atoms with Gasteiger partial charge in [0.2, 0.25) is 0 Å². The van der Waals surface area contributed by atoms with Crippen LogP contribution in [0.25, 0.3) is 0 Å². The highest BCUT2D eigenvalue weighted by Crippen LogP contribution is 2.51. The van der Waals surface area contributed by atoms with Crippen LogP contribution in [-0.4, -0.2) is 41.6 Å². The Bertz CT molecular complexity index is 1020. The van der Waals surface area contributed by atoms with Crippen LogP contribution in [0.3, 0.4) is 0 Å². The summed E-state index contributed by atoms with van der Waals surface area (Å²) in [5.74, 6) is 2.23. The second-order valence-corrected chi connectivity index (χ2v) is 10.3. The molecule has 0 N–H and O–H groups in total. The van der Waals surface area contributed by atoms with E-state index in [2.05, 4.69) is 46.3 Å². The number of halogens is 3. The SMILES string of the molecule is N#CCC1(N2CCC(CCC3CC3c3ccccc3)CC2)CN(c2ncccc2C(F)(F)F)C1. The minimum absolute atomic E-state index is 0.0177. The molecule has 1 aromatic carbocycles. The maximum atomic E-state index is 13.4. The summed E-state index contributed by atoms with van der Waals surface area (Å²) in [6, 6.07) is 15.5. The van der Waals surface area contributed by atoms with Gasteiger partial charge in [0.05, 0.1) is 23.6 Å². The third-order valence-corrected chi connectivity index (χ3v) is 8.15. The summed E-state index contributed by atoms with van der Waals surface area (Å²) in [6.07, 6.45) is 3.35. The Hall–Kier alpha value is -2.59. The van der Waals surface area contributed by atoms with Crippen molar-refractivity contribution in [2.45, 2.75) is 56.2 Å². The van der Waals surface area contributed by atoms with Crippen molar-refractivity contribution >= 4 is 5.82 Å². The Morgan fingerprint density at radius 3 is 2.44 bits per heavy atom. The van der Waals surface area contributed by atoms with Gasteiger partial charge in [-0.2, -0.15) is 18.4 Å². The van der Waals surface area contributed by atoms with Gasteiger partial charge in [-0.1, -0.05) is 36.8 Å². The van der Waals surface area contributed by atoms with Gasteiger partial charge < -0.3 is 4.90 Å². The molecule has 1 aromatic heterocycles. The van der Waals surface area contributed by atoms with Crippen LogP contribution in [0.2, 0.25) is 0 Å². The molecule has 0 radical (unpaired) electrons. The second kappa shape index (κ2) is 9.22. The van der Waals surface area contributed by atoms with Crippen LogP contribution in [0.5, 0.6) is 0 Å². The maximum Gasteiger partial charge on any atom is 0.419 e. The molecule has 180 valence electrons. The minimum Gasteiger partial charge on any atom is -0.352 e. The van der Waals surface area contributed by atoms with Gasteiger partial charge in [-0.3, -0.25) is 4.90 Å². The van der Waals surface area contributed by atoms with E-state index >= 15 is 0 Å². The van der Waals surface area contributed by atoms with E-state index in [4.69, 9.17) is 0 Å². The van der Waals surface area contributed by atoms with E-state index in [-0.39, 0.29) is 11.4 Å². The predicted molar refractivity (Wildman–Crippen MR) is 125 cm³/mol. The van der Waals surface area contributed by atoms with Gasteiger partial charge in [-0.25, -0.2) is 4.98 Å². The van der Waals surface area contributed by atoms with Gasteiger partial charge in [0.1, 0.15) is 5.82 Å². The first-order valence-corrected chi connectivity index (χ1v) is 12.3. The second-order valence-electron chi connectivity index (χ2n) is 10.3. The molecule has 2 aliphatic heterocycles. The van der Waals surface area contributed by atoms with Crippen molar-refractivity contribution in [3.63, 3.8) is 0 Å². The molecule has 3 fully saturated rings. The number of piperidine rings is 1. The van der Waals surface area contributed by atoms with Crippen LogP contribution in [0.4, 0.5) is 19.0 Å². The lowest BCUT2D eigenvalue weighted by atomic mass is 9.81. The number of hydrogen-bond donors (Lipinski definition) is 0. The monoisotopic (exact) mass is 468 g/mol. The molecule has 5 rings (SSSR count). The van der Waals surface area contributed by atoms with E-state index < -0.39 is 11.7 Å². The van der Waals surface area contributed by atoms with E-state index in [9.17, 15) is 18.4 Å². The lowest BCUT2D eigenvalue weighted by Gasteiger charge is -2.57. The summed E-state index contributed by atoms with van der Waals surface area (Å²) in [7, 11) is 0. The molecular weight excluding hydrogens is 437 g/mol. The largest absolute Gasteiger partial charge is 0.419 e. The van der Waals surface area contributed by atoms with Crippen molar-refractivity contribution in [3.05, 3.63) is 59.8 Å². The minimum atomic E-state index is -4.43. The number of hydrogen-bond acceptors (Lipinski definition) is 4. The first kappa shape index (κ1) is 23.2. The third kappa shape index (κ3) is 4.65.